The van der Waals surface area contributed by atoms with E-state index in [4.69, 9.17) is 4.74 Å². The number of ether oxygens (including phenoxy) is 1. The lowest BCUT2D eigenvalue weighted by molar-refractivity contribution is -0.00603. The van der Waals surface area contributed by atoms with Gasteiger partial charge in [0, 0.05) is 24.1 Å². The fourth-order valence-electron chi connectivity index (χ4n) is 4.43. The predicted molar refractivity (Wildman–Crippen MR) is 109 cm³/mol. The first-order valence-corrected chi connectivity index (χ1v) is 12.0. The number of sulfonamides is 1. The first-order valence-electron chi connectivity index (χ1n) is 10.1. The van der Waals surface area contributed by atoms with E-state index in [-0.39, 0.29) is 65.4 Å². The third-order valence-corrected chi connectivity index (χ3v) is 6.91. The van der Waals surface area contributed by atoms with E-state index < -0.39 is 40.3 Å². The molecule has 3 heterocycles. The van der Waals surface area contributed by atoms with Crippen LogP contribution in [-0.4, -0.2) is 55.0 Å². The van der Waals surface area contributed by atoms with Gasteiger partial charge >= 0.3 is 0 Å². The number of nitrogens with zero attached hydrogens (tertiary/aromatic N) is 3. The second-order valence-electron chi connectivity index (χ2n) is 8.49. The Bertz CT molecular complexity index is 1220. The zero-order valence-electron chi connectivity index (χ0n) is 17.3. The quantitative estimate of drug-likeness (QED) is 0.703. The van der Waals surface area contributed by atoms with Crippen LogP contribution in [0.25, 0.3) is 11.3 Å². The van der Waals surface area contributed by atoms with Crippen LogP contribution in [-0.2, 0) is 22.4 Å². The molecule has 1 saturated heterocycles. The summed E-state index contributed by atoms with van der Waals surface area (Å²) in [4.78, 5) is 10.2. The zero-order valence-corrected chi connectivity index (χ0v) is 18.1. The molecule has 1 fully saturated rings. The number of hydrogen-bond donors (Lipinski definition) is 2. The molecule has 1 aromatic carbocycles. The van der Waals surface area contributed by atoms with Gasteiger partial charge in [-0.25, -0.2) is 27.5 Å². The van der Waals surface area contributed by atoms with E-state index in [2.05, 4.69) is 14.7 Å². The van der Waals surface area contributed by atoms with Gasteiger partial charge in [-0.2, -0.15) is 8.78 Å². The Kier molecular flexibility index (Phi) is 4.70. The molecule has 2 aliphatic heterocycles. The lowest BCUT2D eigenvalue weighted by Crippen LogP contribution is -2.59. The Labute approximate surface area is 182 Å². The van der Waals surface area contributed by atoms with Crippen LogP contribution in [0.5, 0.6) is 5.75 Å². The Morgan fingerprint density at radius 1 is 1.31 bits per heavy atom. The van der Waals surface area contributed by atoms with E-state index in [0.717, 1.165) is 12.3 Å². The number of β-amino-alcohol motifs (C(OH)–C–C–N with tert-alkyl or cyclic N) is 1. The highest BCUT2D eigenvalue weighted by Gasteiger charge is 2.45. The van der Waals surface area contributed by atoms with Gasteiger partial charge in [-0.3, -0.25) is 0 Å². The van der Waals surface area contributed by atoms with Crippen LogP contribution in [0.3, 0.4) is 0 Å². The summed E-state index contributed by atoms with van der Waals surface area (Å²) in [6.45, 7) is 1.86. The normalized spacial score (nSPS) is 25.8. The number of alkyl halides is 2. The van der Waals surface area contributed by atoms with Crippen molar-refractivity contribution >= 4 is 16.0 Å². The Balaban J connectivity index is 1.61. The monoisotopic (exact) mass is 470 g/mol. The standard InChI is InChI=1S/C20H21F3N4O4S/c1-9-14(28)7-27(9)19-24-17(11-3-4-20(22,23)18(11)25-19)10-5-12(21)16-13(26-32(2,29)30)8-31-15(16)6-10/h5-6,9,13-14,26,28H,3-4,7-8H2,1-2H3/t9-,13?,14+/m0/s1. The first kappa shape index (κ1) is 21.4. The van der Waals surface area contributed by atoms with Crippen LogP contribution in [0.1, 0.15) is 36.2 Å². The molecule has 172 valence electrons. The minimum Gasteiger partial charge on any atom is -0.491 e. The van der Waals surface area contributed by atoms with Crippen LogP contribution in [0.2, 0.25) is 0 Å². The van der Waals surface area contributed by atoms with Gasteiger partial charge in [0.2, 0.25) is 16.0 Å². The van der Waals surface area contributed by atoms with Crippen molar-refractivity contribution in [3.05, 3.63) is 34.8 Å². The second kappa shape index (κ2) is 7.03. The van der Waals surface area contributed by atoms with Gasteiger partial charge in [-0.05, 0) is 25.5 Å². The van der Waals surface area contributed by atoms with Crippen molar-refractivity contribution in [2.24, 2.45) is 0 Å². The summed E-state index contributed by atoms with van der Waals surface area (Å²) < 4.78 is 75.1. The van der Waals surface area contributed by atoms with Crippen molar-refractivity contribution < 1.29 is 31.4 Å². The number of fused-ring (bicyclic) bond motifs is 2. The summed E-state index contributed by atoms with van der Waals surface area (Å²) >= 11 is 0. The molecule has 0 saturated carbocycles. The lowest BCUT2D eigenvalue weighted by Gasteiger charge is -2.43. The molecule has 0 amide bonds. The number of nitrogens with one attached hydrogen (secondary N) is 1. The minimum absolute atomic E-state index is 0.0357. The van der Waals surface area contributed by atoms with Crippen molar-refractivity contribution in [2.45, 2.75) is 43.9 Å². The van der Waals surface area contributed by atoms with Gasteiger partial charge < -0.3 is 14.7 Å². The fourth-order valence-corrected chi connectivity index (χ4v) is 5.13. The first-order chi connectivity index (χ1) is 14.9. The largest absolute Gasteiger partial charge is 0.491 e. The number of benzene rings is 1. The summed E-state index contributed by atoms with van der Waals surface area (Å²) in [5.41, 5.74) is 0.350. The van der Waals surface area contributed by atoms with Gasteiger partial charge in [0.05, 0.1) is 35.7 Å². The van der Waals surface area contributed by atoms with Crippen LogP contribution < -0.4 is 14.4 Å². The predicted octanol–water partition coefficient (Wildman–Crippen LogP) is 1.87. The molecule has 3 atom stereocenters. The molecule has 3 aliphatic rings. The average molecular weight is 470 g/mol. The third kappa shape index (κ3) is 3.41. The lowest BCUT2D eigenvalue weighted by atomic mass is 10.00. The molecule has 32 heavy (non-hydrogen) atoms. The fraction of sp³-hybridized carbons (Fsp3) is 0.500. The highest BCUT2D eigenvalue weighted by molar-refractivity contribution is 7.88. The van der Waals surface area contributed by atoms with E-state index in [0.29, 0.717) is 0 Å². The number of aliphatic hydroxyl groups is 1. The molecule has 1 aromatic heterocycles. The molecule has 0 bridgehead atoms. The number of anilines is 1. The molecular formula is C20H21F3N4O4S. The summed E-state index contributed by atoms with van der Waals surface area (Å²) in [5, 5.41) is 9.82. The van der Waals surface area contributed by atoms with Crippen LogP contribution in [0.15, 0.2) is 12.1 Å². The Morgan fingerprint density at radius 3 is 2.72 bits per heavy atom. The van der Waals surface area contributed by atoms with E-state index in [1.54, 1.807) is 11.8 Å². The topological polar surface area (TPSA) is 105 Å². The molecule has 0 spiro atoms. The van der Waals surface area contributed by atoms with Gasteiger partial charge in [0.1, 0.15) is 23.9 Å². The van der Waals surface area contributed by atoms with E-state index >= 15 is 4.39 Å². The number of aromatic nitrogens is 2. The number of halogens is 3. The SMILES string of the molecule is C[C@H]1[C@H](O)CN1c1nc(-c2cc(F)c3c(c2)OCC3NS(C)(=O)=O)c2c(n1)C(F)(F)CC2. The van der Waals surface area contributed by atoms with Crippen molar-refractivity contribution in [1.82, 2.24) is 14.7 Å². The molecule has 2 aromatic rings. The minimum atomic E-state index is -3.60. The Hall–Kier alpha value is -2.44. The van der Waals surface area contributed by atoms with E-state index in [1.165, 1.54) is 6.07 Å². The number of aliphatic hydroxyl groups excluding tert-OH is 1. The maximum Gasteiger partial charge on any atom is 0.290 e. The van der Waals surface area contributed by atoms with Crippen molar-refractivity contribution in [1.29, 1.82) is 0 Å². The van der Waals surface area contributed by atoms with Crippen molar-refractivity contribution in [3.63, 3.8) is 0 Å². The molecule has 0 radical (unpaired) electrons. The maximum absolute atomic E-state index is 15.1. The Morgan fingerprint density at radius 2 is 2.06 bits per heavy atom. The van der Waals surface area contributed by atoms with Gasteiger partial charge in [0.15, 0.2) is 0 Å². The molecule has 2 N–H and O–H groups in total. The molecule has 8 nitrogen and oxygen atoms in total. The highest BCUT2D eigenvalue weighted by atomic mass is 32.2. The maximum atomic E-state index is 15.1. The van der Waals surface area contributed by atoms with Crippen molar-refractivity contribution in [2.75, 3.05) is 24.3 Å². The van der Waals surface area contributed by atoms with Gasteiger partial charge in [-0.15, -0.1) is 0 Å². The summed E-state index contributed by atoms with van der Waals surface area (Å²) in [5.74, 6) is -3.67. The van der Waals surface area contributed by atoms with Crippen LogP contribution in [0, 0.1) is 5.82 Å². The molecule has 1 unspecified atom stereocenters. The second-order valence-corrected chi connectivity index (χ2v) is 10.3. The van der Waals surface area contributed by atoms with Crippen LogP contribution >= 0.6 is 0 Å². The van der Waals surface area contributed by atoms with Gasteiger partial charge in [-0.1, -0.05) is 0 Å². The molecule has 12 heteroatoms. The summed E-state index contributed by atoms with van der Waals surface area (Å²) in [7, 11) is -3.60. The molecular weight excluding hydrogens is 449 g/mol. The number of rotatable bonds is 4. The average Bonchev–Trinajstić information content (AvgIpc) is 3.24. The molecule has 5 rings (SSSR count). The summed E-state index contributed by atoms with van der Waals surface area (Å²) in [6.07, 6.45) is -0.0262. The van der Waals surface area contributed by atoms with E-state index in [9.17, 15) is 22.3 Å². The number of hydrogen-bond acceptors (Lipinski definition) is 7. The van der Waals surface area contributed by atoms with Gasteiger partial charge in [0.25, 0.3) is 5.92 Å². The molecule has 1 aliphatic carbocycles. The smallest absolute Gasteiger partial charge is 0.290 e. The summed E-state index contributed by atoms with van der Waals surface area (Å²) in [6, 6.07) is 1.42. The van der Waals surface area contributed by atoms with Crippen LogP contribution in [0.4, 0.5) is 19.1 Å². The van der Waals surface area contributed by atoms with E-state index in [1.807, 2.05) is 0 Å². The zero-order chi connectivity index (χ0) is 23.0. The highest BCUT2D eigenvalue weighted by Crippen LogP contribution is 2.46. The third-order valence-electron chi connectivity index (χ3n) is 6.20. The van der Waals surface area contributed by atoms with Crippen molar-refractivity contribution in [3.8, 4) is 17.0 Å².